The molecule has 1 fully saturated rings. The average Bonchev–Trinajstić information content (AvgIpc) is 2.14. The van der Waals surface area contributed by atoms with E-state index in [9.17, 15) is 4.39 Å². The van der Waals surface area contributed by atoms with Crippen LogP contribution in [-0.2, 0) is 0 Å². The Labute approximate surface area is 88.4 Å². The molecule has 1 aromatic rings. The van der Waals surface area contributed by atoms with E-state index in [0.717, 1.165) is 18.5 Å². The lowest BCUT2D eigenvalue weighted by Gasteiger charge is -2.28. The molecule has 0 aliphatic heterocycles. The molecule has 0 bridgehead atoms. The van der Waals surface area contributed by atoms with Gasteiger partial charge in [-0.2, -0.15) is 0 Å². The molecule has 1 aliphatic rings. The van der Waals surface area contributed by atoms with Gasteiger partial charge in [0.25, 0.3) is 0 Å². The first kappa shape index (κ1) is 10.1. The van der Waals surface area contributed by atoms with Crippen LogP contribution in [0.5, 0.6) is 5.75 Å². The summed E-state index contributed by atoms with van der Waals surface area (Å²) in [7, 11) is 1.45. The van der Waals surface area contributed by atoms with Crippen molar-refractivity contribution in [2.24, 2.45) is 0 Å². The van der Waals surface area contributed by atoms with Gasteiger partial charge in [-0.3, -0.25) is 0 Å². The van der Waals surface area contributed by atoms with Crippen LogP contribution >= 0.6 is 0 Å². The van der Waals surface area contributed by atoms with Crippen molar-refractivity contribution in [1.29, 1.82) is 0 Å². The smallest absolute Gasteiger partial charge is 0.167 e. The van der Waals surface area contributed by atoms with Crippen molar-refractivity contribution in [3.8, 4) is 5.75 Å². The number of benzene rings is 1. The van der Waals surface area contributed by atoms with Gasteiger partial charge in [0, 0.05) is 18.2 Å². The molecule has 0 spiro atoms. The van der Waals surface area contributed by atoms with Crippen molar-refractivity contribution in [3.05, 3.63) is 17.9 Å². The van der Waals surface area contributed by atoms with Gasteiger partial charge in [0.1, 0.15) is 0 Å². The van der Waals surface area contributed by atoms with Crippen molar-refractivity contribution >= 4 is 11.4 Å². The normalized spacial score (nSPS) is 15.9. The molecule has 15 heavy (non-hydrogen) atoms. The minimum absolute atomic E-state index is 0.228. The third-order valence-corrected chi connectivity index (χ3v) is 2.79. The molecule has 4 heteroatoms. The average molecular weight is 210 g/mol. The molecule has 1 saturated carbocycles. The maximum atomic E-state index is 13.2. The number of ether oxygens (including phenoxy) is 1. The molecule has 82 valence electrons. The molecule has 2 rings (SSSR count). The maximum Gasteiger partial charge on any atom is 0.167 e. The Morgan fingerprint density at radius 1 is 1.47 bits per heavy atom. The highest BCUT2D eigenvalue weighted by Gasteiger charge is 2.18. The number of hydrogen-bond acceptors (Lipinski definition) is 3. The molecule has 0 saturated heterocycles. The SMILES string of the molecule is COc1cc(NC2CCC2)c(N)cc1F. The quantitative estimate of drug-likeness (QED) is 0.753. The van der Waals surface area contributed by atoms with E-state index in [0.29, 0.717) is 11.7 Å². The molecule has 0 amide bonds. The first-order chi connectivity index (χ1) is 7.20. The molecule has 0 heterocycles. The van der Waals surface area contributed by atoms with Crippen LogP contribution in [0, 0.1) is 5.82 Å². The lowest BCUT2D eigenvalue weighted by Crippen LogP contribution is -2.27. The highest BCUT2D eigenvalue weighted by molar-refractivity contribution is 5.69. The van der Waals surface area contributed by atoms with Crippen molar-refractivity contribution in [2.75, 3.05) is 18.2 Å². The number of nitrogens with one attached hydrogen (secondary N) is 1. The second-order valence-corrected chi connectivity index (χ2v) is 3.85. The number of nitrogens with two attached hydrogens (primary N) is 1. The predicted octanol–water partition coefficient (Wildman–Crippen LogP) is 2.38. The molecular formula is C11H15FN2O. The van der Waals surface area contributed by atoms with Crippen LogP contribution < -0.4 is 15.8 Å². The van der Waals surface area contributed by atoms with Gasteiger partial charge >= 0.3 is 0 Å². The molecular weight excluding hydrogens is 195 g/mol. The summed E-state index contributed by atoms with van der Waals surface area (Å²) in [6.07, 6.45) is 3.55. The minimum atomic E-state index is -0.422. The lowest BCUT2D eigenvalue weighted by atomic mass is 9.93. The molecule has 1 aromatic carbocycles. The maximum absolute atomic E-state index is 13.2. The zero-order valence-electron chi connectivity index (χ0n) is 8.72. The number of methoxy groups -OCH3 is 1. The van der Waals surface area contributed by atoms with E-state index in [2.05, 4.69) is 5.32 Å². The van der Waals surface area contributed by atoms with Crippen LogP contribution in [-0.4, -0.2) is 13.2 Å². The monoisotopic (exact) mass is 210 g/mol. The van der Waals surface area contributed by atoms with E-state index in [1.54, 1.807) is 6.07 Å². The lowest BCUT2D eigenvalue weighted by molar-refractivity contribution is 0.386. The third-order valence-electron chi connectivity index (χ3n) is 2.79. The summed E-state index contributed by atoms with van der Waals surface area (Å²) in [6.45, 7) is 0. The Kier molecular flexibility index (Phi) is 2.66. The molecule has 0 radical (unpaired) electrons. The van der Waals surface area contributed by atoms with Gasteiger partial charge in [0.05, 0.1) is 18.5 Å². The highest BCUT2D eigenvalue weighted by Crippen LogP contribution is 2.31. The predicted molar refractivity (Wildman–Crippen MR) is 58.6 cm³/mol. The van der Waals surface area contributed by atoms with E-state index < -0.39 is 5.82 Å². The topological polar surface area (TPSA) is 47.3 Å². The van der Waals surface area contributed by atoms with Gasteiger partial charge in [-0.15, -0.1) is 0 Å². The van der Waals surface area contributed by atoms with E-state index in [4.69, 9.17) is 10.5 Å². The number of anilines is 2. The minimum Gasteiger partial charge on any atom is -0.494 e. The summed E-state index contributed by atoms with van der Waals surface area (Å²) < 4.78 is 18.1. The second-order valence-electron chi connectivity index (χ2n) is 3.85. The van der Waals surface area contributed by atoms with Crippen LogP contribution in [0.15, 0.2) is 12.1 Å². The van der Waals surface area contributed by atoms with E-state index >= 15 is 0 Å². The summed E-state index contributed by atoms with van der Waals surface area (Å²) in [4.78, 5) is 0. The van der Waals surface area contributed by atoms with E-state index in [1.807, 2.05) is 0 Å². The Morgan fingerprint density at radius 2 is 2.20 bits per heavy atom. The molecule has 0 aromatic heterocycles. The summed E-state index contributed by atoms with van der Waals surface area (Å²) in [5.41, 5.74) is 6.91. The molecule has 1 aliphatic carbocycles. The summed E-state index contributed by atoms with van der Waals surface area (Å²) in [5.74, 6) is -0.194. The molecule has 3 N–H and O–H groups in total. The van der Waals surface area contributed by atoms with Crippen LogP contribution in [0.2, 0.25) is 0 Å². The first-order valence-corrected chi connectivity index (χ1v) is 5.10. The van der Waals surface area contributed by atoms with Gasteiger partial charge in [0.2, 0.25) is 0 Å². The Hall–Kier alpha value is -1.45. The Morgan fingerprint density at radius 3 is 2.73 bits per heavy atom. The van der Waals surface area contributed by atoms with Gasteiger partial charge in [0.15, 0.2) is 11.6 Å². The number of hydrogen-bond donors (Lipinski definition) is 2. The van der Waals surface area contributed by atoms with E-state index in [-0.39, 0.29) is 5.75 Å². The first-order valence-electron chi connectivity index (χ1n) is 5.10. The molecule has 0 unspecified atom stereocenters. The van der Waals surface area contributed by atoms with Gasteiger partial charge in [-0.05, 0) is 19.3 Å². The fraction of sp³-hybridized carbons (Fsp3) is 0.455. The van der Waals surface area contributed by atoms with Crippen molar-refractivity contribution in [1.82, 2.24) is 0 Å². The van der Waals surface area contributed by atoms with Crippen LogP contribution in [0.1, 0.15) is 19.3 Å². The molecule has 0 atom stereocenters. The fourth-order valence-electron chi connectivity index (χ4n) is 1.62. The second kappa shape index (κ2) is 3.96. The number of halogens is 1. The van der Waals surface area contributed by atoms with Gasteiger partial charge < -0.3 is 15.8 Å². The molecule has 3 nitrogen and oxygen atoms in total. The van der Waals surface area contributed by atoms with Crippen molar-refractivity contribution in [2.45, 2.75) is 25.3 Å². The fourth-order valence-corrected chi connectivity index (χ4v) is 1.62. The van der Waals surface area contributed by atoms with Crippen LogP contribution in [0.25, 0.3) is 0 Å². The summed E-state index contributed by atoms with van der Waals surface area (Å²) in [5, 5.41) is 3.28. The largest absolute Gasteiger partial charge is 0.494 e. The standard InChI is InChI=1S/C11H15FN2O/c1-15-11-6-10(9(13)5-8(11)12)14-7-3-2-4-7/h5-7,14H,2-4,13H2,1H3. The highest BCUT2D eigenvalue weighted by atomic mass is 19.1. The number of rotatable bonds is 3. The summed E-state index contributed by atoms with van der Waals surface area (Å²) in [6, 6.07) is 3.38. The Bertz CT molecular complexity index is 364. The van der Waals surface area contributed by atoms with E-state index in [1.165, 1.54) is 19.6 Å². The van der Waals surface area contributed by atoms with Crippen LogP contribution in [0.4, 0.5) is 15.8 Å². The Balaban J connectivity index is 2.21. The third kappa shape index (κ3) is 1.98. The van der Waals surface area contributed by atoms with Crippen molar-refractivity contribution < 1.29 is 9.13 Å². The van der Waals surface area contributed by atoms with Gasteiger partial charge in [-0.25, -0.2) is 4.39 Å². The zero-order valence-corrected chi connectivity index (χ0v) is 8.72. The van der Waals surface area contributed by atoms with Gasteiger partial charge in [-0.1, -0.05) is 0 Å². The van der Waals surface area contributed by atoms with Crippen LogP contribution in [0.3, 0.4) is 0 Å². The zero-order chi connectivity index (χ0) is 10.8. The van der Waals surface area contributed by atoms with Crippen molar-refractivity contribution in [3.63, 3.8) is 0 Å². The summed E-state index contributed by atoms with van der Waals surface area (Å²) >= 11 is 0. The number of nitrogen functional groups attached to an aromatic ring is 1.